The summed E-state index contributed by atoms with van der Waals surface area (Å²) in [4.78, 5) is 0. The molecule has 0 saturated heterocycles. The number of aryl methyl sites for hydroxylation is 1. The van der Waals surface area contributed by atoms with Crippen molar-refractivity contribution in [3.05, 3.63) is 59.4 Å². The Morgan fingerprint density at radius 1 is 0.906 bits per heavy atom. The average molecular weight is 436 g/mol. The Morgan fingerprint density at radius 3 is 2.16 bits per heavy atom. The highest BCUT2D eigenvalue weighted by molar-refractivity contribution is 5.26. The van der Waals surface area contributed by atoms with Crippen LogP contribution in [-0.4, -0.2) is 0 Å². The lowest BCUT2D eigenvalue weighted by atomic mass is 9.68. The van der Waals surface area contributed by atoms with Crippen LogP contribution in [0.1, 0.15) is 107 Å². The molecule has 0 N–H and O–H groups in total. The summed E-state index contributed by atoms with van der Waals surface area (Å²) in [5.41, 5.74) is 3.07. The third kappa shape index (κ3) is 7.91. The second-order valence-corrected chi connectivity index (χ2v) is 10.2. The van der Waals surface area contributed by atoms with Gasteiger partial charge < -0.3 is 0 Å². The summed E-state index contributed by atoms with van der Waals surface area (Å²) in [5.74, 6) is 2.38. The van der Waals surface area contributed by atoms with Gasteiger partial charge in [-0.05, 0) is 105 Å². The van der Waals surface area contributed by atoms with Gasteiger partial charge in [-0.25, -0.2) is 0 Å². The van der Waals surface area contributed by atoms with Gasteiger partial charge in [-0.2, -0.15) is 9.65 Å². The summed E-state index contributed by atoms with van der Waals surface area (Å²) in [5, 5.41) is 8.48. The average Bonchev–Trinajstić information content (AvgIpc) is 2.85. The Morgan fingerprint density at radius 2 is 1.53 bits per heavy atom. The van der Waals surface area contributed by atoms with Gasteiger partial charge in [0.25, 0.3) is 0 Å². The van der Waals surface area contributed by atoms with Crippen molar-refractivity contribution in [2.75, 3.05) is 0 Å². The third-order valence-corrected chi connectivity index (χ3v) is 8.01. The van der Waals surface area contributed by atoms with Gasteiger partial charge in [0.05, 0.1) is 0 Å². The molecule has 0 heterocycles. The van der Waals surface area contributed by atoms with Crippen LogP contribution in [0, 0.1) is 29.1 Å². The first-order valence-electron chi connectivity index (χ1n) is 13.2. The van der Waals surface area contributed by atoms with Crippen LogP contribution in [0.5, 0.6) is 0 Å². The number of nitriles is 1. The lowest BCUT2D eigenvalue weighted by Gasteiger charge is -2.37. The molecule has 2 saturated carbocycles. The van der Waals surface area contributed by atoms with Crippen LogP contribution in [-0.2, 0) is 6.42 Å². The first kappa shape index (κ1) is 24.8. The standard InChI is InChI=1S/C30H42FN/c1-2-3-4-5-6-8-24-11-15-26(16-12-24)28-19-21-29(22-20-28)27-17-13-25(14-18-27)9-7-10-30(31)23-32/h7,9-12,15-16,25,27-29H,2-6,8,13-14,17-22H2,1H3/b9-7+,30-10-. The summed E-state index contributed by atoms with van der Waals surface area (Å²) in [6, 6.07) is 11.1. The summed E-state index contributed by atoms with van der Waals surface area (Å²) in [7, 11) is 0. The first-order chi connectivity index (χ1) is 15.7. The van der Waals surface area contributed by atoms with E-state index in [0.717, 1.165) is 17.8 Å². The predicted octanol–water partition coefficient (Wildman–Crippen LogP) is 9.21. The lowest BCUT2D eigenvalue weighted by Crippen LogP contribution is -2.25. The monoisotopic (exact) mass is 435 g/mol. The van der Waals surface area contributed by atoms with Gasteiger partial charge in [0, 0.05) is 0 Å². The van der Waals surface area contributed by atoms with Crippen molar-refractivity contribution in [3.63, 3.8) is 0 Å². The van der Waals surface area contributed by atoms with Gasteiger partial charge in [0.2, 0.25) is 0 Å². The molecule has 2 aliphatic rings. The maximum absolute atomic E-state index is 12.9. The molecule has 2 aliphatic carbocycles. The molecular formula is C30H42FN. The molecule has 0 aliphatic heterocycles. The van der Waals surface area contributed by atoms with Crippen molar-refractivity contribution in [3.8, 4) is 6.07 Å². The minimum absolute atomic E-state index is 0.551. The largest absolute Gasteiger partial charge is 0.199 e. The number of nitrogens with zero attached hydrogens (tertiary/aromatic N) is 1. The van der Waals surface area contributed by atoms with Gasteiger partial charge in [0.1, 0.15) is 6.07 Å². The van der Waals surface area contributed by atoms with Crippen molar-refractivity contribution in [2.24, 2.45) is 17.8 Å². The van der Waals surface area contributed by atoms with E-state index in [1.54, 1.807) is 11.6 Å². The molecule has 1 aromatic rings. The Hall–Kier alpha value is -1.88. The molecule has 2 fully saturated rings. The fraction of sp³-hybridized carbons (Fsp3) is 0.633. The van der Waals surface area contributed by atoms with E-state index in [-0.39, 0.29) is 0 Å². The van der Waals surface area contributed by atoms with E-state index in [4.69, 9.17) is 5.26 Å². The molecule has 32 heavy (non-hydrogen) atoms. The minimum atomic E-state index is -0.705. The van der Waals surface area contributed by atoms with Crippen LogP contribution in [0.2, 0.25) is 0 Å². The number of unbranched alkanes of at least 4 members (excludes halogenated alkanes) is 4. The molecule has 174 valence electrons. The van der Waals surface area contributed by atoms with Crippen LogP contribution >= 0.6 is 0 Å². The van der Waals surface area contributed by atoms with E-state index in [1.807, 2.05) is 0 Å². The predicted molar refractivity (Wildman–Crippen MR) is 133 cm³/mol. The Labute approximate surface area is 195 Å². The van der Waals surface area contributed by atoms with E-state index in [2.05, 4.69) is 37.3 Å². The fourth-order valence-corrected chi connectivity index (χ4v) is 5.96. The van der Waals surface area contributed by atoms with Crippen LogP contribution < -0.4 is 0 Å². The molecule has 0 bridgehead atoms. The molecule has 0 atom stereocenters. The first-order valence-corrected chi connectivity index (χ1v) is 13.2. The van der Waals surface area contributed by atoms with Crippen LogP contribution in [0.3, 0.4) is 0 Å². The van der Waals surface area contributed by atoms with E-state index >= 15 is 0 Å². The summed E-state index contributed by atoms with van der Waals surface area (Å²) < 4.78 is 12.9. The normalized spacial score (nSPS) is 26.8. The molecular weight excluding hydrogens is 393 g/mol. The molecule has 0 amide bonds. The van der Waals surface area contributed by atoms with E-state index in [0.29, 0.717) is 5.92 Å². The molecule has 3 rings (SSSR count). The highest BCUT2D eigenvalue weighted by atomic mass is 19.1. The Balaban J connectivity index is 1.37. The van der Waals surface area contributed by atoms with E-state index in [9.17, 15) is 4.39 Å². The van der Waals surface area contributed by atoms with Gasteiger partial charge >= 0.3 is 0 Å². The lowest BCUT2D eigenvalue weighted by molar-refractivity contribution is 0.171. The third-order valence-electron chi connectivity index (χ3n) is 8.01. The minimum Gasteiger partial charge on any atom is -0.195 e. The number of rotatable bonds is 10. The van der Waals surface area contributed by atoms with Gasteiger partial charge in [-0.15, -0.1) is 0 Å². The highest BCUT2D eigenvalue weighted by Crippen LogP contribution is 2.44. The number of allylic oxidation sites excluding steroid dienone is 4. The maximum atomic E-state index is 12.9. The zero-order chi connectivity index (χ0) is 22.6. The van der Waals surface area contributed by atoms with Crippen molar-refractivity contribution < 1.29 is 4.39 Å². The molecule has 0 radical (unpaired) electrons. The van der Waals surface area contributed by atoms with E-state index in [1.165, 1.54) is 108 Å². The quantitative estimate of drug-likeness (QED) is 0.204. The maximum Gasteiger partial charge on any atom is 0.199 e. The topological polar surface area (TPSA) is 23.8 Å². The van der Waals surface area contributed by atoms with Crippen LogP contribution in [0.4, 0.5) is 4.39 Å². The van der Waals surface area contributed by atoms with Gasteiger partial charge in [-0.1, -0.05) is 69.0 Å². The Bertz CT molecular complexity index is 753. The van der Waals surface area contributed by atoms with Crippen molar-refractivity contribution >= 4 is 0 Å². The zero-order valence-corrected chi connectivity index (χ0v) is 20.1. The second kappa shape index (κ2) is 13.6. The summed E-state index contributed by atoms with van der Waals surface area (Å²) in [6.45, 7) is 2.28. The SMILES string of the molecule is CCCCCCCc1ccc(C2CCC(C3CCC(/C=C/C=C(\F)C#N)CC3)CC2)cc1. The summed E-state index contributed by atoms with van der Waals surface area (Å²) >= 11 is 0. The second-order valence-electron chi connectivity index (χ2n) is 10.2. The van der Waals surface area contributed by atoms with Gasteiger partial charge in [0.15, 0.2) is 5.83 Å². The highest BCUT2D eigenvalue weighted by Gasteiger charge is 2.30. The smallest absolute Gasteiger partial charge is 0.195 e. The zero-order valence-electron chi connectivity index (χ0n) is 20.1. The number of halogens is 1. The number of benzene rings is 1. The fourth-order valence-electron chi connectivity index (χ4n) is 5.96. The van der Waals surface area contributed by atoms with Crippen molar-refractivity contribution in [2.45, 2.75) is 103 Å². The number of hydrogen-bond acceptors (Lipinski definition) is 1. The molecule has 2 heteroatoms. The van der Waals surface area contributed by atoms with Crippen molar-refractivity contribution in [1.82, 2.24) is 0 Å². The number of hydrogen-bond donors (Lipinski definition) is 0. The van der Waals surface area contributed by atoms with E-state index < -0.39 is 5.83 Å². The van der Waals surface area contributed by atoms with Gasteiger partial charge in [-0.3, -0.25) is 0 Å². The van der Waals surface area contributed by atoms with Crippen LogP contribution in [0.25, 0.3) is 0 Å². The molecule has 1 nitrogen and oxygen atoms in total. The van der Waals surface area contributed by atoms with Crippen LogP contribution in [0.15, 0.2) is 48.3 Å². The van der Waals surface area contributed by atoms with Crippen molar-refractivity contribution in [1.29, 1.82) is 5.26 Å². The molecule has 0 unspecified atom stereocenters. The molecule has 1 aromatic carbocycles. The summed E-state index contributed by atoms with van der Waals surface area (Å²) in [6.07, 6.45) is 23.6. The molecule has 0 spiro atoms. The molecule has 0 aromatic heterocycles. The Kier molecular flexibility index (Phi) is 10.5.